The fraction of sp³-hybridized carbons (Fsp3) is 0.500. The first-order chi connectivity index (χ1) is 11.0. The van der Waals surface area contributed by atoms with Gasteiger partial charge in [-0.25, -0.2) is 0 Å². The highest BCUT2D eigenvalue weighted by Crippen LogP contribution is 2.35. The first kappa shape index (κ1) is 16.4. The van der Waals surface area contributed by atoms with Crippen LogP contribution in [0.25, 0.3) is 0 Å². The first-order valence-corrected chi connectivity index (χ1v) is 8.38. The molecule has 1 aliphatic carbocycles. The third kappa shape index (κ3) is 3.26. The molecule has 124 valence electrons. The van der Waals surface area contributed by atoms with Crippen LogP contribution in [0.4, 0.5) is 0 Å². The van der Waals surface area contributed by atoms with Gasteiger partial charge in [0.1, 0.15) is 5.56 Å². The summed E-state index contributed by atoms with van der Waals surface area (Å²) in [4.78, 5) is 28.4. The second-order valence-corrected chi connectivity index (χ2v) is 6.64. The molecule has 0 radical (unpaired) electrons. The molecule has 2 aliphatic rings. The van der Waals surface area contributed by atoms with E-state index < -0.39 is 0 Å². The Labute approximate surface area is 145 Å². The van der Waals surface area contributed by atoms with Crippen molar-refractivity contribution >= 4 is 35.0 Å². The number of carbonyl (C=O) groups is 2. The molecule has 0 aromatic heterocycles. The van der Waals surface area contributed by atoms with Crippen LogP contribution < -0.4 is 4.74 Å². The van der Waals surface area contributed by atoms with Crippen molar-refractivity contribution in [1.82, 2.24) is 9.80 Å². The zero-order valence-corrected chi connectivity index (χ0v) is 14.4. The van der Waals surface area contributed by atoms with E-state index >= 15 is 0 Å². The number of benzene rings is 1. The second-order valence-electron chi connectivity index (χ2n) is 5.83. The minimum atomic E-state index is -0.215. The number of amides is 2. The summed E-state index contributed by atoms with van der Waals surface area (Å²) >= 11 is 12.3. The minimum absolute atomic E-state index is 0.208. The van der Waals surface area contributed by atoms with E-state index in [1.165, 1.54) is 7.11 Å². The maximum atomic E-state index is 12.8. The zero-order chi connectivity index (χ0) is 16.6. The average molecular weight is 357 g/mol. The lowest BCUT2D eigenvalue weighted by atomic mass is 10.1. The fourth-order valence-corrected chi connectivity index (χ4v) is 3.27. The number of rotatable bonds is 3. The van der Waals surface area contributed by atoms with Crippen LogP contribution in [0, 0.1) is 5.92 Å². The van der Waals surface area contributed by atoms with Crippen molar-refractivity contribution < 1.29 is 14.3 Å². The fourth-order valence-electron chi connectivity index (χ4n) is 2.81. The number of halogens is 2. The molecular formula is C16H18Cl2N2O3. The van der Waals surface area contributed by atoms with E-state index in [2.05, 4.69) is 0 Å². The van der Waals surface area contributed by atoms with Gasteiger partial charge in [0, 0.05) is 32.1 Å². The summed E-state index contributed by atoms with van der Waals surface area (Å²) in [7, 11) is 1.46. The monoisotopic (exact) mass is 356 g/mol. The molecule has 0 bridgehead atoms. The largest absolute Gasteiger partial charge is 0.494 e. The highest BCUT2D eigenvalue weighted by atomic mass is 35.5. The van der Waals surface area contributed by atoms with Gasteiger partial charge >= 0.3 is 0 Å². The van der Waals surface area contributed by atoms with E-state index in [4.69, 9.17) is 27.9 Å². The van der Waals surface area contributed by atoms with E-state index in [1.807, 2.05) is 4.90 Å². The highest BCUT2D eigenvalue weighted by Gasteiger charge is 2.35. The van der Waals surface area contributed by atoms with Gasteiger partial charge in [-0.1, -0.05) is 23.2 Å². The number of nitrogens with zero attached hydrogens (tertiary/aromatic N) is 2. The quantitative estimate of drug-likeness (QED) is 0.836. The molecule has 0 N–H and O–H groups in total. The van der Waals surface area contributed by atoms with Crippen LogP contribution >= 0.6 is 23.2 Å². The van der Waals surface area contributed by atoms with Gasteiger partial charge in [-0.15, -0.1) is 0 Å². The molecule has 3 rings (SSSR count). The van der Waals surface area contributed by atoms with Crippen LogP contribution in [0.2, 0.25) is 10.0 Å². The molecule has 2 amide bonds. The maximum Gasteiger partial charge on any atom is 0.259 e. The van der Waals surface area contributed by atoms with Gasteiger partial charge in [0.15, 0.2) is 5.75 Å². The Hall–Kier alpha value is -1.46. The van der Waals surface area contributed by atoms with Crippen LogP contribution in [0.1, 0.15) is 23.2 Å². The van der Waals surface area contributed by atoms with E-state index in [0.29, 0.717) is 42.0 Å². The van der Waals surface area contributed by atoms with E-state index in [-0.39, 0.29) is 23.3 Å². The summed E-state index contributed by atoms with van der Waals surface area (Å²) in [6, 6.07) is 3.19. The summed E-state index contributed by atoms with van der Waals surface area (Å²) < 4.78 is 5.24. The third-order valence-electron chi connectivity index (χ3n) is 4.28. The number of carbonyl (C=O) groups excluding carboxylic acids is 2. The summed E-state index contributed by atoms with van der Waals surface area (Å²) in [5, 5.41) is 0.663. The van der Waals surface area contributed by atoms with Crippen LogP contribution in [-0.4, -0.2) is 54.9 Å². The maximum absolute atomic E-state index is 12.8. The molecule has 1 heterocycles. The number of ether oxygens (including phenoxy) is 1. The van der Waals surface area contributed by atoms with Gasteiger partial charge in [0.05, 0.1) is 17.2 Å². The predicted octanol–water partition coefficient (Wildman–Crippen LogP) is 2.70. The second kappa shape index (κ2) is 6.57. The van der Waals surface area contributed by atoms with Gasteiger partial charge < -0.3 is 14.5 Å². The Morgan fingerprint density at radius 2 is 1.61 bits per heavy atom. The average Bonchev–Trinajstić information content (AvgIpc) is 3.40. The molecule has 7 heteroatoms. The lowest BCUT2D eigenvalue weighted by Gasteiger charge is -2.35. The highest BCUT2D eigenvalue weighted by molar-refractivity contribution is 6.37. The predicted molar refractivity (Wildman–Crippen MR) is 88.2 cm³/mol. The summed E-state index contributed by atoms with van der Waals surface area (Å²) in [6.45, 7) is 2.09. The van der Waals surface area contributed by atoms with Crippen LogP contribution in [0.5, 0.6) is 5.75 Å². The smallest absolute Gasteiger partial charge is 0.259 e. The molecule has 23 heavy (non-hydrogen) atoms. The normalized spacial score (nSPS) is 18.0. The van der Waals surface area contributed by atoms with Crippen LogP contribution in [-0.2, 0) is 4.79 Å². The number of hydrogen-bond donors (Lipinski definition) is 0. The molecule has 1 saturated heterocycles. The molecule has 5 nitrogen and oxygen atoms in total. The third-order valence-corrected chi connectivity index (χ3v) is 4.89. The van der Waals surface area contributed by atoms with Crippen molar-refractivity contribution in [3.05, 3.63) is 27.7 Å². The van der Waals surface area contributed by atoms with Crippen molar-refractivity contribution in [3.8, 4) is 5.75 Å². The first-order valence-electron chi connectivity index (χ1n) is 7.63. The molecule has 1 aromatic carbocycles. The SMILES string of the molecule is COc1c(Cl)ccc(Cl)c1C(=O)N1CCN(C(=O)C2CC2)CC1. The topological polar surface area (TPSA) is 49.9 Å². The van der Waals surface area contributed by atoms with Gasteiger partial charge in [-0.05, 0) is 25.0 Å². The van der Waals surface area contributed by atoms with Gasteiger partial charge in [-0.2, -0.15) is 0 Å². The summed E-state index contributed by atoms with van der Waals surface area (Å²) in [5.74, 6) is 0.503. The van der Waals surface area contributed by atoms with Gasteiger partial charge in [0.2, 0.25) is 5.91 Å². The number of hydrogen-bond acceptors (Lipinski definition) is 3. The Kier molecular flexibility index (Phi) is 4.69. The number of piperazine rings is 1. The standard InChI is InChI=1S/C16H18Cl2N2O3/c1-23-14-12(18)5-4-11(17)13(14)16(22)20-8-6-19(7-9-20)15(21)10-2-3-10/h4-5,10H,2-3,6-9H2,1H3. The molecule has 0 atom stereocenters. The van der Waals surface area contributed by atoms with Gasteiger partial charge in [-0.3, -0.25) is 9.59 Å². The summed E-state index contributed by atoms with van der Waals surface area (Å²) in [6.07, 6.45) is 1.99. The molecule has 0 spiro atoms. The molecule has 1 aromatic rings. The lowest BCUT2D eigenvalue weighted by Crippen LogP contribution is -2.51. The van der Waals surface area contributed by atoms with E-state index in [1.54, 1.807) is 17.0 Å². The van der Waals surface area contributed by atoms with Crippen molar-refractivity contribution in [2.75, 3.05) is 33.3 Å². The minimum Gasteiger partial charge on any atom is -0.494 e. The van der Waals surface area contributed by atoms with E-state index in [9.17, 15) is 9.59 Å². The Morgan fingerprint density at radius 3 is 2.17 bits per heavy atom. The molecule has 1 aliphatic heterocycles. The Balaban J connectivity index is 1.72. The van der Waals surface area contributed by atoms with Crippen molar-refractivity contribution in [3.63, 3.8) is 0 Å². The number of methoxy groups -OCH3 is 1. The Morgan fingerprint density at radius 1 is 1.04 bits per heavy atom. The van der Waals surface area contributed by atoms with Crippen molar-refractivity contribution in [2.24, 2.45) is 5.92 Å². The van der Waals surface area contributed by atoms with Crippen molar-refractivity contribution in [1.29, 1.82) is 0 Å². The van der Waals surface area contributed by atoms with Crippen LogP contribution in [0.15, 0.2) is 12.1 Å². The lowest BCUT2D eigenvalue weighted by molar-refractivity contribution is -0.134. The molecule has 2 fully saturated rings. The van der Waals surface area contributed by atoms with Gasteiger partial charge in [0.25, 0.3) is 5.91 Å². The summed E-state index contributed by atoms with van der Waals surface area (Å²) in [5.41, 5.74) is 0.281. The molecular weight excluding hydrogens is 339 g/mol. The molecule has 0 unspecified atom stereocenters. The van der Waals surface area contributed by atoms with E-state index in [0.717, 1.165) is 12.8 Å². The van der Waals surface area contributed by atoms with Crippen LogP contribution in [0.3, 0.4) is 0 Å². The van der Waals surface area contributed by atoms with Crippen molar-refractivity contribution in [2.45, 2.75) is 12.8 Å². The molecule has 1 saturated carbocycles. The Bertz CT molecular complexity index is 638. The zero-order valence-electron chi connectivity index (χ0n) is 12.8.